The highest BCUT2D eigenvalue weighted by atomic mass is 16.4. The van der Waals surface area contributed by atoms with Gasteiger partial charge >= 0.3 is 5.97 Å². The number of pyridine rings is 1. The second-order valence-electron chi connectivity index (χ2n) is 5.81. The second-order valence-corrected chi connectivity index (χ2v) is 5.81. The van der Waals surface area contributed by atoms with Crippen LogP contribution < -0.4 is 0 Å². The number of fused-ring (bicyclic) bond motifs is 1. The molecular formula is C16H18N2O2. The fourth-order valence-electron chi connectivity index (χ4n) is 2.90. The number of likely N-dealkylation sites (tertiary alicyclic amines) is 1. The molecule has 1 aliphatic rings. The van der Waals surface area contributed by atoms with Crippen LogP contribution in [0.4, 0.5) is 0 Å². The summed E-state index contributed by atoms with van der Waals surface area (Å²) in [5.74, 6) is -0.695. The Morgan fingerprint density at radius 2 is 2.20 bits per heavy atom. The van der Waals surface area contributed by atoms with Crippen LogP contribution in [-0.2, 0) is 11.3 Å². The van der Waals surface area contributed by atoms with Crippen molar-refractivity contribution in [1.82, 2.24) is 9.88 Å². The van der Waals surface area contributed by atoms with Crippen LogP contribution >= 0.6 is 0 Å². The van der Waals surface area contributed by atoms with E-state index in [-0.39, 0.29) is 0 Å². The van der Waals surface area contributed by atoms with Crippen molar-refractivity contribution in [2.75, 3.05) is 13.1 Å². The number of aromatic nitrogens is 1. The number of benzene rings is 1. The van der Waals surface area contributed by atoms with E-state index in [0.717, 1.165) is 24.0 Å². The van der Waals surface area contributed by atoms with Gasteiger partial charge in [-0.25, -0.2) is 0 Å². The fraction of sp³-hybridized carbons (Fsp3) is 0.375. The van der Waals surface area contributed by atoms with Gasteiger partial charge in [-0.1, -0.05) is 18.2 Å². The van der Waals surface area contributed by atoms with Crippen molar-refractivity contribution in [3.05, 3.63) is 42.1 Å². The van der Waals surface area contributed by atoms with Crippen LogP contribution in [0.15, 0.2) is 36.5 Å². The number of rotatable bonds is 3. The van der Waals surface area contributed by atoms with Crippen LogP contribution in [0.1, 0.15) is 18.9 Å². The molecule has 4 heteroatoms. The second kappa shape index (κ2) is 4.87. The number of carboxylic acid groups (broad SMARTS) is 1. The van der Waals surface area contributed by atoms with Gasteiger partial charge in [-0.05, 0) is 37.6 Å². The maximum atomic E-state index is 11.3. The van der Waals surface area contributed by atoms with Crippen molar-refractivity contribution in [3.8, 4) is 0 Å². The molecule has 0 bridgehead atoms. The summed E-state index contributed by atoms with van der Waals surface area (Å²) in [6.45, 7) is 4.06. The maximum Gasteiger partial charge on any atom is 0.310 e. The third-order valence-electron chi connectivity index (χ3n) is 4.20. The van der Waals surface area contributed by atoms with E-state index in [1.165, 1.54) is 5.56 Å². The van der Waals surface area contributed by atoms with Gasteiger partial charge in [-0.2, -0.15) is 0 Å². The standard InChI is InChI=1S/C16H18N2O2/c1-16(15(19)20)7-9-18(11-16)10-12-6-8-17-14-5-3-2-4-13(12)14/h2-6,8H,7,9-11H2,1H3,(H,19,20). The molecule has 1 aromatic carbocycles. The van der Waals surface area contributed by atoms with Gasteiger partial charge in [0.15, 0.2) is 0 Å². The van der Waals surface area contributed by atoms with Crippen LogP contribution in [0.5, 0.6) is 0 Å². The Balaban J connectivity index is 1.83. The van der Waals surface area contributed by atoms with Gasteiger partial charge < -0.3 is 5.11 Å². The molecule has 1 aliphatic heterocycles. The molecule has 1 unspecified atom stereocenters. The van der Waals surface area contributed by atoms with Crippen LogP contribution in [0.25, 0.3) is 10.9 Å². The van der Waals surface area contributed by atoms with Gasteiger partial charge in [-0.15, -0.1) is 0 Å². The summed E-state index contributed by atoms with van der Waals surface area (Å²) in [5, 5.41) is 10.4. The average molecular weight is 270 g/mol. The lowest BCUT2D eigenvalue weighted by molar-refractivity contribution is -0.147. The topological polar surface area (TPSA) is 53.4 Å². The zero-order valence-electron chi connectivity index (χ0n) is 11.5. The quantitative estimate of drug-likeness (QED) is 0.931. The molecule has 1 aromatic heterocycles. The minimum absolute atomic E-state index is 0.608. The molecule has 20 heavy (non-hydrogen) atoms. The van der Waals surface area contributed by atoms with Gasteiger partial charge in [0.2, 0.25) is 0 Å². The predicted octanol–water partition coefficient (Wildman–Crippen LogP) is 2.53. The highest BCUT2D eigenvalue weighted by Crippen LogP contribution is 2.31. The average Bonchev–Trinajstić information content (AvgIpc) is 2.82. The Morgan fingerprint density at radius 1 is 1.40 bits per heavy atom. The van der Waals surface area contributed by atoms with E-state index in [2.05, 4.69) is 16.0 Å². The lowest BCUT2D eigenvalue weighted by Gasteiger charge is -2.20. The molecule has 2 heterocycles. The van der Waals surface area contributed by atoms with Crippen molar-refractivity contribution in [1.29, 1.82) is 0 Å². The zero-order chi connectivity index (χ0) is 14.2. The molecule has 0 saturated carbocycles. The molecule has 4 nitrogen and oxygen atoms in total. The first kappa shape index (κ1) is 13.1. The number of carbonyl (C=O) groups is 1. The van der Waals surface area contributed by atoms with Crippen LogP contribution in [0.2, 0.25) is 0 Å². The van der Waals surface area contributed by atoms with Crippen molar-refractivity contribution in [3.63, 3.8) is 0 Å². The van der Waals surface area contributed by atoms with E-state index < -0.39 is 11.4 Å². The molecule has 3 rings (SSSR count). The smallest absolute Gasteiger partial charge is 0.310 e. The van der Waals surface area contributed by atoms with E-state index >= 15 is 0 Å². The number of aliphatic carboxylic acids is 1. The first-order valence-corrected chi connectivity index (χ1v) is 6.87. The molecule has 0 amide bonds. The summed E-state index contributed by atoms with van der Waals surface area (Å²) < 4.78 is 0. The zero-order valence-corrected chi connectivity index (χ0v) is 11.5. The Kier molecular flexibility index (Phi) is 3.18. The summed E-state index contributed by atoms with van der Waals surface area (Å²) in [7, 11) is 0. The van der Waals surface area contributed by atoms with Gasteiger partial charge in [0.1, 0.15) is 0 Å². The highest BCUT2D eigenvalue weighted by molar-refractivity contribution is 5.81. The van der Waals surface area contributed by atoms with Gasteiger partial charge in [0.05, 0.1) is 10.9 Å². The summed E-state index contributed by atoms with van der Waals surface area (Å²) >= 11 is 0. The molecule has 1 N–H and O–H groups in total. The first-order valence-electron chi connectivity index (χ1n) is 6.87. The predicted molar refractivity (Wildman–Crippen MR) is 77.4 cm³/mol. The molecule has 0 aliphatic carbocycles. The molecule has 2 aromatic rings. The molecule has 1 fully saturated rings. The van der Waals surface area contributed by atoms with Gasteiger partial charge in [0.25, 0.3) is 0 Å². The Bertz CT molecular complexity index is 650. The van der Waals surface area contributed by atoms with Crippen molar-refractivity contribution in [2.24, 2.45) is 5.41 Å². The summed E-state index contributed by atoms with van der Waals surface area (Å²) in [4.78, 5) is 17.9. The molecule has 0 spiro atoms. The molecule has 0 radical (unpaired) electrons. The van der Waals surface area contributed by atoms with Crippen LogP contribution in [0, 0.1) is 5.41 Å². The van der Waals surface area contributed by atoms with E-state index in [1.54, 1.807) is 0 Å². The number of nitrogens with zero attached hydrogens (tertiary/aromatic N) is 2. The minimum atomic E-state index is -0.695. The van der Waals surface area contributed by atoms with E-state index in [1.807, 2.05) is 37.4 Å². The van der Waals surface area contributed by atoms with E-state index in [0.29, 0.717) is 13.0 Å². The monoisotopic (exact) mass is 270 g/mol. The minimum Gasteiger partial charge on any atom is -0.481 e. The molecule has 104 valence electrons. The maximum absolute atomic E-state index is 11.3. The summed E-state index contributed by atoms with van der Waals surface area (Å²) in [6.07, 6.45) is 2.54. The van der Waals surface area contributed by atoms with Crippen molar-refractivity contribution >= 4 is 16.9 Å². The number of carboxylic acids is 1. The number of hydrogen-bond acceptors (Lipinski definition) is 3. The van der Waals surface area contributed by atoms with Crippen LogP contribution in [-0.4, -0.2) is 34.0 Å². The molecular weight excluding hydrogens is 252 g/mol. The van der Waals surface area contributed by atoms with E-state index in [4.69, 9.17) is 0 Å². The molecule has 1 atom stereocenters. The summed E-state index contributed by atoms with van der Waals surface area (Å²) in [5.41, 5.74) is 1.60. The SMILES string of the molecule is CC1(C(=O)O)CCN(Cc2ccnc3ccccc23)C1. The Labute approximate surface area is 118 Å². The van der Waals surface area contributed by atoms with Crippen LogP contribution in [0.3, 0.4) is 0 Å². The van der Waals surface area contributed by atoms with E-state index in [9.17, 15) is 9.90 Å². The fourth-order valence-corrected chi connectivity index (χ4v) is 2.90. The van der Waals surface area contributed by atoms with Gasteiger partial charge in [-0.3, -0.25) is 14.7 Å². The summed E-state index contributed by atoms with van der Waals surface area (Å²) in [6, 6.07) is 10.1. The highest BCUT2D eigenvalue weighted by Gasteiger charge is 2.40. The lowest BCUT2D eigenvalue weighted by Crippen LogP contribution is -2.31. The normalized spacial score (nSPS) is 23.2. The van der Waals surface area contributed by atoms with Gasteiger partial charge in [0, 0.05) is 24.7 Å². The van der Waals surface area contributed by atoms with Crippen molar-refractivity contribution in [2.45, 2.75) is 19.9 Å². The largest absolute Gasteiger partial charge is 0.481 e. The molecule has 1 saturated heterocycles. The van der Waals surface area contributed by atoms with Crippen molar-refractivity contribution < 1.29 is 9.90 Å². The Morgan fingerprint density at radius 3 is 2.95 bits per heavy atom. The third-order valence-corrected chi connectivity index (χ3v) is 4.20. The number of para-hydroxylation sites is 1. The number of hydrogen-bond donors (Lipinski definition) is 1. The Hall–Kier alpha value is -1.94. The third kappa shape index (κ3) is 2.27. The first-order chi connectivity index (χ1) is 9.58. The lowest BCUT2D eigenvalue weighted by atomic mass is 9.90.